The molecule has 0 aromatic heterocycles. The van der Waals surface area contributed by atoms with Crippen molar-refractivity contribution in [2.45, 2.75) is 17.2 Å². The highest BCUT2D eigenvalue weighted by molar-refractivity contribution is 9.09. The van der Waals surface area contributed by atoms with Crippen molar-refractivity contribution in [3.8, 4) is 0 Å². The molecule has 19 heavy (non-hydrogen) atoms. The molecule has 0 saturated carbocycles. The third-order valence-electron chi connectivity index (χ3n) is 3.01. The summed E-state index contributed by atoms with van der Waals surface area (Å²) in [5.74, 6) is 1.13. The smallest absolute Gasteiger partial charge is 0.126 e. The van der Waals surface area contributed by atoms with E-state index in [4.69, 9.17) is 0 Å². The predicted molar refractivity (Wildman–Crippen MR) is 84.7 cm³/mol. The third kappa shape index (κ3) is 4.36. The van der Waals surface area contributed by atoms with Gasteiger partial charge in [0.25, 0.3) is 0 Å². The Morgan fingerprint density at radius 1 is 1.00 bits per heavy atom. The molecule has 0 amide bonds. The fourth-order valence-electron chi connectivity index (χ4n) is 1.96. The Labute approximate surface area is 126 Å². The van der Waals surface area contributed by atoms with Crippen LogP contribution >= 0.6 is 27.7 Å². The van der Waals surface area contributed by atoms with Crippen molar-refractivity contribution < 1.29 is 4.39 Å². The van der Waals surface area contributed by atoms with Crippen LogP contribution in [0.1, 0.15) is 17.9 Å². The van der Waals surface area contributed by atoms with E-state index >= 15 is 0 Å². The van der Waals surface area contributed by atoms with E-state index < -0.39 is 0 Å². The fourth-order valence-corrected chi connectivity index (χ4v) is 3.62. The zero-order valence-electron chi connectivity index (χ0n) is 10.6. The summed E-state index contributed by atoms with van der Waals surface area (Å²) in [6, 6.07) is 17.4. The van der Waals surface area contributed by atoms with Crippen molar-refractivity contribution in [2.24, 2.45) is 0 Å². The monoisotopic (exact) mass is 338 g/mol. The van der Waals surface area contributed by atoms with E-state index in [1.807, 2.05) is 42.1 Å². The maximum absolute atomic E-state index is 13.7. The molecule has 2 aromatic rings. The van der Waals surface area contributed by atoms with Crippen LogP contribution in [0.2, 0.25) is 0 Å². The molecule has 1 unspecified atom stereocenters. The van der Waals surface area contributed by atoms with Crippen molar-refractivity contribution in [3.05, 3.63) is 66.0 Å². The Kier molecular flexibility index (Phi) is 5.93. The van der Waals surface area contributed by atoms with E-state index in [9.17, 15) is 4.39 Å². The minimum Gasteiger partial charge on any atom is -0.207 e. The van der Waals surface area contributed by atoms with Crippen LogP contribution in [0, 0.1) is 5.82 Å². The van der Waals surface area contributed by atoms with Crippen LogP contribution in [-0.4, -0.2) is 11.1 Å². The second-order valence-corrected chi connectivity index (χ2v) is 6.14. The van der Waals surface area contributed by atoms with Gasteiger partial charge in [-0.3, -0.25) is 0 Å². The fraction of sp³-hybridized carbons (Fsp3) is 0.250. The Bertz CT molecular complexity index is 501. The quantitative estimate of drug-likeness (QED) is 0.496. The molecule has 2 aromatic carbocycles. The normalized spacial score (nSPS) is 12.3. The molecule has 1 atom stereocenters. The van der Waals surface area contributed by atoms with E-state index in [1.54, 1.807) is 6.07 Å². The van der Waals surface area contributed by atoms with Gasteiger partial charge in [-0.25, -0.2) is 4.39 Å². The molecule has 0 fully saturated rings. The molecule has 3 heteroatoms. The lowest BCUT2D eigenvalue weighted by molar-refractivity contribution is 0.588. The lowest BCUT2D eigenvalue weighted by atomic mass is 9.98. The summed E-state index contributed by atoms with van der Waals surface area (Å²) in [5, 5.41) is 0.795. The molecule has 0 bridgehead atoms. The van der Waals surface area contributed by atoms with Gasteiger partial charge in [-0.2, -0.15) is 0 Å². The van der Waals surface area contributed by atoms with Gasteiger partial charge in [0, 0.05) is 10.2 Å². The molecule has 0 aliphatic heterocycles. The highest BCUT2D eigenvalue weighted by atomic mass is 79.9. The van der Waals surface area contributed by atoms with Crippen LogP contribution in [0.5, 0.6) is 0 Å². The molecular formula is C16H16BrFS. The minimum absolute atomic E-state index is 0.100. The molecule has 0 saturated heterocycles. The Hall–Kier alpha value is -0.800. The van der Waals surface area contributed by atoms with E-state index in [0.29, 0.717) is 0 Å². The topological polar surface area (TPSA) is 0 Å². The van der Waals surface area contributed by atoms with Crippen molar-refractivity contribution >= 4 is 27.7 Å². The molecule has 0 aliphatic rings. The van der Waals surface area contributed by atoms with Crippen LogP contribution < -0.4 is 0 Å². The SMILES string of the molecule is Fc1ccccc1C(CBr)CCSc1ccccc1. The third-order valence-corrected chi connectivity index (χ3v) is 4.84. The number of hydrogen-bond donors (Lipinski definition) is 0. The zero-order chi connectivity index (χ0) is 13.5. The van der Waals surface area contributed by atoms with Crippen molar-refractivity contribution in [1.82, 2.24) is 0 Å². The first-order valence-electron chi connectivity index (χ1n) is 6.29. The largest absolute Gasteiger partial charge is 0.207 e. The molecule has 0 nitrogen and oxygen atoms in total. The molecule has 0 radical (unpaired) electrons. The Morgan fingerprint density at radius 2 is 1.68 bits per heavy atom. The van der Waals surface area contributed by atoms with Gasteiger partial charge in [-0.1, -0.05) is 52.3 Å². The van der Waals surface area contributed by atoms with Crippen LogP contribution in [0.4, 0.5) is 4.39 Å². The second-order valence-electron chi connectivity index (χ2n) is 4.32. The number of benzene rings is 2. The number of thioether (sulfide) groups is 1. The molecule has 0 heterocycles. The number of rotatable bonds is 6. The summed E-state index contributed by atoms with van der Waals surface area (Å²) in [6.07, 6.45) is 0.964. The molecule has 100 valence electrons. The Balaban J connectivity index is 1.92. The van der Waals surface area contributed by atoms with Gasteiger partial charge in [-0.15, -0.1) is 11.8 Å². The van der Waals surface area contributed by atoms with Gasteiger partial charge in [0.2, 0.25) is 0 Å². The highest BCUT2D eigenvalue weighted by Gasteiger charge is 2.13. The summed E-state index contributed by atoms with van der Waals surface area (Å²) in [5.41, 5.74) is 0.813. The van der Waals surface area contributed by atoms with E-state index in [1.165, 1.54) is 11.0 Å². The Morgan fingerprint density at radius 3 is 2.37 bits per heavy atom. The van der Waals surface area contributed by atoms with E-state index in [-0.39, 0.29) is 11.7 Å². The van der Waals surface area contributed by atoms with Gasteiger partial charge in [0.1, 0.15) is 5.82 Å². The van der Waals surface area contributed by atoms with Crippen molar-refractivity contribution in [1.29, 1.82) is 0 Å². The van der Waals surface area contributed by atoms with E-state index in [2.05, 4.69) is 28.1 Å². The van der Waals surface area contributed by atoms with Crippen LogP contribution in [0.3, 0.4) is 0 Å². The maximum atomic E-state index is 13.7. The first kappa shape index (κ1) is 14.6. The van der Waals surface area contributed by atoms with Crippen molar-refractivity contribution in [3.63, 3.8) is 0 Å². The molecular weight excluding hydrogens is 323 g/mol. The second kappa shape index (κ2) is 7.71. The summed E-state index contributed by atoms with van der Waals surface area (Å²) >= 11 is 5.32. The number of alkyl halides is 1. The standard InChI is InChI=1S/C16H16BrFS/c17-12-13(15-8-4-5-9-16(15)18)10-11-19-14-6-2-1-3-7-14/h1-9,13H,10-12H2. The lowest BCUT2D eigenvalue weighted by Gasteiger charge is -2.15. The van der Waals surface area contributed by atoms with Gasteiger partial charge < -0.3 is 0 Å². The van der Waals surface area contributed by atoms with Crippen LogP contribution in [0.15, 0.2) is 59.5 Å². The maximum Gasteiger partial charge on any atom is 0.126 e. The van der Waals surface area contributed by atoms with Gasteiger partial charge in [-0.05, 0) is 41.9 Å². The first-order valence-corrected chi connectivity index (χ1v) is 8.40. The average Bonchev–Trinajstić information content (AvgIpc) is 2.46. The summed E-state index contributed by atoms with van der Waals surface area (Å²) in [4.78, 5) is 1.27. The minimum atomic E-state index is -0.100. The van der Waals surface area contributed by atoms with Crippen LogP contribution in [0.25, 0.3) is 0 Å². The molecule has 0 spiro atoms. The number of halogens is 2. The van der Waals surface area contributed by atoms with Gasteiger partial charge in [0.15, 0.2) is 0 Å². The van der Waals surface area contributed by atoms with E-state index in [0.717, 1.165) is 23.1 Å². The van der Waals surface area contributed by atoms with Crippen molar-refractivity contribution in [2.75, 3.05) is 11.1 Å². The number of hydrogen-bond acceptors (Lipinski definition) is 1. The summed E-state index contributed by atoms with van der Waals surface area (Å²) in [7, 11) is 0. The average molecular weight is 339 g/mol. The van der Waals surface area contributed by atoms with Gasteiger partial charge in [0.05, 0.1) is 0 Å². The summed E-state index contributed by atoms with van der Waals surface area (Å²) < 4.78 is 13.7. The van der Waals surface area contributed by atoms with Gasteiger partial charge >= 0.3 is 0 Å². The van der Waals surface area contributed by atoms with Crippen LogP contribution in [-0.2, 0) is 0 Å². The highest BCUT2D eigenvalue weighted by Crippen LogP contribution is 2.28. The first-order chi connectivity index (χ1) is 9.31. The molecule has 0 N–H and O–H groups in total. The zero-order valence-corrected chi connectivity index (χ0v) is 13.0. The molecule has 0 aliphatic carbocycles. The lowest BCUT2D eigenvalue weighted by Crippen LogP contribution is -2.04. The predicted octanol–water partition coefficient (Wildman–Crippen LogP) is 5.49. The summed E-state index contributed by atoms with van der Waals surface area (Å²) in [6.45, 7) is 0. The molecule has 2 rings (SSSR count).